The van der Waals surface area contributed by atoms with Crippen LogP contribution >= 0.6 is 0 Å². The third-order valence-corrected chi connectivity index (χ3v) is 6.85. The van der Waals surface area contributed by atoms with Crippen LogP contribution in [-0.2, 0) is 6.54 Å². The summed E-state index contributed by atoms with van der Waals surface area (Å²) in [6, 6.07) is 13.0. The largest absolute Gasteiger partial charge is 0.378 e. The second-order valence-electron chi connectivity index (χ2n) is 9.52. The third kappa shape index (κ3) is 5.80. The zero-order valence-corrected chi connectivity index (χ0v) is 19.8. The van der Waals surface area contributed by atoms with Gasteiger partial charge in [0.1, 0.15) is 0 Å². The van der Waals surface area contributed by atoms with Crippen LogP contribution in [0, 0.1) is 12.8 Å². The number of H-pyrrole nitrogens is 1. The van der Waals surface area contributed by atoms with Crippen molar-refractivity contribution in [2.24, 2.45) is 5.92 Å². The molecular weight excluding hydrogens is 392 g/mol. The summed E-state index contributed by atoms with van der Waals surface area (Å²) in [6.07, 6.45) is 10.6. The van der Waals surface area contributed by atoms with Gasteiger partial charge in [-0.25, -0.2) is 0 Å². The normalized spacial score (nSPS) is 17.8. The molecule has 2 aliphatic rings. The molecule has 170 valence electrons. The van der Waals surface area contributed by atoms with Gasteiger partial charge in [0.15, 0.2) is 0 Å². The van der Waals surface area contributed by atoms with Gasteiger partial charge in [0.25, 0.3) is 0 Å². The highest BCUT2D eigenvalue weighted by Gasteiger charge is 2.14. The molecule has 0 atom stereocenters. The Labute approximate surface area is 193 Å². The fourth-order valence-electron chi connectivity index (χ4n) is 4.71. The molecule has 4 nitrogen and oxygen atoms in total. The Bertz CT molecular complexity index is 990. The maximum Gasteiger partial charge on any atom is 0.0795 e. The molecule has 2 aromatic heterocycles. The Balaban J connectivity index is 0.000000230. The fourth-order valence-corrected chi connectivity index (χ4v) is 4.71. The van der Waals surface area contributed by atoms with E-state index in [0.29, 0.717) is 0 Å². The number of benzene rings is 1. The van der Waals surface area contributed by atoms with Crippen LogP contribution in [0.4, 0.5) is 0 Å². The summed E-state index contributed by atoms with van der Waals surface area (Å²) >= 11 is 0. The highest BCUT2D eigenvalue weighted by Crippen LogP contribution is 2.28. The van der Waals surface area contributed by atoms with Crippen molar-refractivity contribution in [3.8, 4) is 11.3 Å². The zero-order chi connectivity index (χ0) is 22.3. The van der Waals surface area contributed by atoms with E-state index >= 15 is 0 Å². The molecule has 2 saturated heterocycles. The molecule has 2 fully saturated rings. The molecule has 2 aliphatic heterocycles. The van der Waals surface area contributed by atoms with Gasteiger partial charge in [0, 0.05) is 48.0 Å². The number of likely N-dealkylation sites (tertiary alicyclic amines) is 2. The lowest BCUT2D eigenvalue weighted by Gasteiger charge is -2.28. The van der Waals surface area contributed by atoms with E-state index < -0.39 is 0 Å². The average molecular weight is 431 g/mol. The molecule has 0 spiro atoms. The van der Waals surface area contributed by atoms with E-state index in [-0.39, 0.29) is 0 Å². The van der Waals surface area contributed by atoms with Crippen LogP contribution in [0.3, 0.4) is 0 Å². The van der Waals surface area contributed by atoms with E-state index in [1.54, 1.807) is 0 Å². The highest BCUT2D eigenvalue weighted by atomic mass is 15.1. The fraction of sp³-hybridized carbons (Fsp3) is 0.464. The van der Waals surface area contributed by atoms with E-state index in [4.69, 9.17) is 0 Å². The smallest absolute Gasteiger partial charge is 0.0795 e. The Morgan fingerprint density at radius 2 is 1.75 bits per heavy atom. The highest BCUT2D eigenvalue weighted by molar-refractivity contribution is 5.93. The van der Waals surface area contributed by atoms with Crippen molar-refractivity contribution in [1.82, 2.24) is 19.8 Å². The Hall–Kier alpha value is -2.59. The van der Waals surface area contributed by atoms with Crippen LogP contribution < -0.4 is 0 Å². The van der Waals surface area contributed by atoms with E-state index in [1.165, 1.54) is 86.0 Å². The van der Waals surface area contributed by atoms with E-state index in [9.17, 15) is 0 Å². The second-order valence-corrected chi connectivity index (χ2v) is 9.52. The number of fused-ring (bicyclic) bond motifs is 1. The first-order chi connectivity index (χ1) is 15.6. The molecule has 3 aromatic rings. The van der Waals surface area contributed by atoms with Crippen molar-refractivity contribution in [2.45, 2.75) is 52.5 Å². The van der Waals surface area contributed by atoms with Crippen LogP contribution in [0.15, 0.2) is 55.4 Å². The summed E-state index contributed by atoms with van der Waals surface area (Å²) in [5, 5.41) is 1.23. The first-order valence-corrected chi connectivity index (χ1v) is 12.2. The molecule has 0 unspecified atom stereocenters. The minimum absolute atomic E-state index is 0.932. The topological polar surface area (TPSA) is 35.2 Å². The molecule has 4 heterocycles. The van der Waals surface area contributed by atoms with Crippen LogP contribution in [-0.4, -0.2) is 45.9 Å². The maximum atomic E-state index is 4.63. The van der Waals surface area contributed by atoms with Crippen molar-refractivity contribution >= 4 is 10.9 Å². The first kappa shape index (κ1) is 22.6. The van der Waals surface area contributed by atoms with Gasteiger partial charge >= 0.3 is 0 Å². The van der Waals surface area contributed by atoms with Gasteiger partial charge < -0.3 is 9.88 Å². The molecule has 0 amide bonds. The van der Waals surface area contributed by atoms with Gasteiger partial charge in [-0.2, -0.15) is 0 Å². The van der Waals surface area contributed by atoms with Gasteiger partial charge in [-0.15, -0.1) is 0 Å². The van der Waals surface area contributed by atoms with Gasteiger partial charge in [0.2, 0.25) is 0 Å². The van der Waals surface area contributed by atoms with Gasteiger partial charge in [-0.05, 0) is 69.9 Å². The Morgan fingerprint density at radius 1 is 1.03 bits per heavy atom. The minimum atomic E-state index is 0.932. The molecule has 1 aromatic carbocycles. The first-order valence-electron chi connectivity index (χ1n) is 12.2. The van der Waals surface area contributed by atoms with Crippen LogP contribution in [0.5, 0.6) is 0 Å². The lowest BCUT2D eigenvalue weighted by Crippen LogP contribution is -2.29. The average Bonchev–Trinajstić information content (AvgIpc) is 3.24. The number of hydrogen-bond donors (Lipinski definition) is 1. The summed E-state index contributed by atoms with van der Waals surface area (Å²) < 4.78 is 0. The van der Waals surface area contributed by atoms with Crippen molar-refractivity contribution in [1.29, 1.82) is 0 Å². The van der Waals surface area contributed by atoms with Gasteiger partial charge in [-0.1, -0.05) is 49.8 Å². The number of piperidine rings is 2. The number of nitrogens with zero attached hydrogens (tertiary/aromatic N) is 3. The predicted molar refractivity (Wildman–Crippen MR) is 136 cm³/mol. The lowest BCUT2D eigenvalue weighted by molar-refractivity contribution is 0.219. The molecule has 1 N–H and O–H groups in total. The van der Waals surface area contributed by atoms with E-state index in [0.717, 1.165) is 18.2 Å². The third-order valence-electron chi connectivity index (χ3n) is 6.85. The zero-order valence-electron chi connectivity index (χ0n) is 19.8. The van der Waals surface area contributed by atoms with Crippen molar-refractivity contribution < 1.29 is 0 Å². The van der Waals surface area contributed by atoms with Gasteiger partial charge in [-0.3, -0.25) is 9.88 Å². The van der Waals surface area contributed by atoms with Crippen molar-refractivity contribution in [3.63, 3.8) is 0 Å². The number of aromatic amines is 1. The molecule has 4 heteroatoms. The molecule has 0 aliphatic carbocycles. The minimum Gasteiger partial charge on any atom is -0.378 e. The molecular formula is C28H38N4. The SMILES string of the molecule is C=CN1CCC(C)CC1.Cc1ccc(-c2nccc3[nH]c(CN4CCCCC4)cc23)cc1. The molecule has 32 heavy (non-hydrogen) atoms. The monoisotopic (exact) mass is 430 g/mol. The van der Waals surface area contributed by atoms with Crippen LogP contribution in [0.2, 0.25) is 0 Å². The quantitative estimate of drug-likeness (QED) is 0.521. The predicted octanol–water partition coefficient (Wildman–Crippen LogP) is 6.39. The molecule has 0 bridgehead atoms. The molecule has 0 saturated carbocycles. The number of aromatic nitrogens is 2. The van der Waals surface area contributed by atoms with Crippen LogP contribution in [0.1, 0.15) is 50.3 Å². The number of rotatable bonds is 4. The molecule has 0 radical (unpaired) electrons. The second kappa shape index (κ2) is 10.8. The summed E-state index contributed by atoms with van der Waals surface area (Å²) in [7, 11) is 0. The summed E-state index contributed by atoms with van der Waals surface area (Å²) in [6.45, 7) is 14.1. The van der Waals surface area contributed by atoms with Crippen LogP contribution in [0.25, 0.3) is 22.2 Å². The maximum absolute atomic E-state index is 4.63. The van der Waals surface area contributed by atoms with E-state index in [2.05, 4.69) is 76.6 Å². The molecule has 5 rings (SSSR count). The standard InChI is InChI=1S/C20H23N3.C8H15N/c1-15-5-7-16(8-6-15)20-18-13-17(22-19(18)9-10-21-20)14-23-11-3-2-4-12-23;1-3-9-6-4-8(2)5-7-9/h5-10,13,22H,2-4,11-12,14H2,1H3;3,8H,1,4-7H2,2H3. The number of nitrogens with one attached hydrogen (secondary N) is 1. The summed E-state index contributed by atoms with van der Waals surface area (Å²) in [5.41, 5.74) is 6.01. The lowest BCUT2D eigenvalue weighted by atomic mass is 10.00. The number of pyridine rings is 1. The number of aryl methyl sites for hydroxylation is 1. The number of hydrogen-bond acceptors (Lipinski definition) is 3. The van der Waals surface area contributed by atoms with Crippen molar-refractivity contribution in [3.05, 3.63) is 66.6 Å². The summed E-state index contributed by atoms with van der Waals surface area (Å²) in [4.78, 5) is 13.1. The van der Waals surface area contributed by atoms with Crippen molar-refractivity contribution in [2.75, 3.05) is 26.2 Å². The van der Waals surface area contributed by atoms with E-state index in [1.807, 2.05) is 12.4 Å². The Kier molecular flexibility index (Phi) is 7.64. The van der Waals surface area contributed by atoms with Gasteiger partial charge in [0.05, 0.1) is 5.69 Å². The summed E-state index contributed by atoms with van der Waals surface area (Å²) in [5.74, 6) is 0.932. The Morgan fingerprint density at radius 3 is 2.44 bits per heavy atom.